The third kappa shape index (κ3) is 5.97. The van der Waals surface area contributed by atoms with E-state index in [0.717, 1.165) is 6.33 Å². The van der Waals surface area contributed by atoms with Crippen LogP contribution in [0, 0.1) is 0 Å². The van der Waals surface area contributed by atoms with E-state index in [1.165, 1.54) is 38.1 Å². The van der Waals surface area contributed by atoms with Crippen molar-refractivity contribution in [1.29, 1.82) is 0 Å². The summed E-state index contributed by atoms with van der Waals surface area (Å²) in [6.07, 6.45) is 3.91. The quantitative estimate of drug-likeness (QED) is 0.358. The van der Waals surface area contributed by atoms with E-state index in [1.54, 1.807) is 6.92 Å². The summed E-state index contributed by atoms with van der Waals surface area (Å²) in [6.45, 7) is -0.610. The SMILES string of the molecule is COc1ncnc(OC)c1-n1c(COC(F)F)nnc1CS(=O)(=O)[C@@H](C)[C@H](C)c1ncc(Cl)cn1. The van der Waals surface area contributed by atoms with Crippen molar-refractivity contribution >= 4 is 21.4 Å². The lowest BCUT2D eigenvalue weighted by Crippen LogP contribution is -2.27. The molecule has 3 heterocycles. The molecule has 12 nitrogen and oxygen atoms in total. The Kier molecular flexibility index (Phi) is 8.45. The third-order valence-electron chi connectivity index (χ3n) is 5.15. The molecule has 0 aliphatic rings. The number of hydrogen-bond donors (Lipinski definition) is 0. The first-order valence-electron chi connectivity index (χ1n) is 10.0. The second kappa shape index (κ2) is 11.1. The highest BCUT2D eigenvalue weighted by Crippen LogP contribution is 2.32. The lowest BCUT2D eigenvalue weighted by atomic mass is 10.1. The average Bonchev–Trinajstić information content (AvgIpc) is 3.22. The molecule has 0 aliphatic carbocycles. The van der Waals surface area contributed by atoms with Crippen molar-refractivity contribution in [2.45, 2.75) is 44.0 Å². The largest absolute Gasteiger partial charge is 0.479 e. The molecule has 0 radical (unpaired) electrons. The number of nitrogens with zero attached hydrogens (tertiary/aromatic N) is 7. The van der Waals surface area contributed by atoms with E-state index in [0.29, 0.717) is 5.02 Å². The Labute approximate surface area is 204 Å². The highest BCUT2D eigenvalue weighted by atomic mass is 35.5. The zero-order valence-electron chi connectivity index (χ0n) is 19.1. The number of aromatic nitrogens is 7. The van der Waals surface area contributed by atoms with E-state index < -0.39 is 40.0 Å². The van der Waals surface area contributed by atoms with Crippen molar-refractivity contribution in [3.8, 4) is 17.4 Å². The van der Waals surface area contributed by atoms with E-state index in [1.807, 2.05) is 0 Å². The van der Waals surface area contributed by atoms with E-state index in [2.05, 4.69) is 34.9 Å². The maximum Gasteiger partial charge on any atom is 0.345 e. The van der Waals surface area contributed by atoms with Crippen molar-refractivity contribution in [2.75, 3.05) is 14.2 Å². The zero-order valence-corrected chi connectivity index (χ0v) is 20.7. The van der Waals surface area contributed by atoms with Crippen LogP contribution in [-0.4, -0.2) is 69.2 Å². The molecule has 3 aromatic heterocycles. The average molecular weight is 534 g/mol. The second-order valence-electron chi connectivity index (χ2n) is 7.24. The van der Waals surface area contributed by atoms with Gasteiger partial charge in [0.25, 0.3) is 0 Å². The first-order chi connectivity index (χ1) is 16.6. The molecule has 0 spiro atoms. The molecule has 0 saturated heterocycles. The van der Waals surface area contributed by atoms with E-state index in [-0.39, 0.29) is 34.9 Å². The normalized spacial score (nSPS) is 13.6. The van der Waals surface area contributed by atoms with Crippen molar-refractivity contribution in [3.05, 3.63) is 41.2 Å². The monoisotopic (exact) mass is 533 g/mol. The van der Waals surface area contributed by atoms with E-state index >= 15 is 0 Å². The number of sulfone groups is 1. The molecule has 35 heavy (non-hydrogen) atoms. The van der Waals surface area contributed by atoms with Gasteiger partial charge in [-0.1, -0.05) is 18.5 Å². The molecule has 0 amide bonds. The molecule has 0 saturated carbocycles. The molecule has 2 atom stereocenters. The fraction of sp³-hybridized carbons (Fsp3) is 0.474. The Morgan fingerprint density at radius 1 is 1.00 bits per heavy atom. The van der Waals surface area contributed by atoms with Crippen LogP contribution in [0.25, 0.3) is 5.69 Å². The Hall–Kier alpha value is -3.04. The molecule has 3 rings (SSSR count). The smallest absolute Gasteiger partial charge is 0.345 e. The van der Waals surface area contributed by atoms with Gasteiger partial charge in [-0.3, -0.25) is 4.57 Å². The number of ether oxygens (including phenoxy) is 3. The number of methoxy groups -OCH3 is 2. The summed E-state index contributed by atoms with van der Waals surface area (Å²) in [6, 6.07) is 0. The predicted molar refractivity (Wildman–Crippen MR) is 118 cm³/mol. The Morgan fingerprint density at radius 2 is 1.57 bits per heavy atom. The first kappa shape index (κ1) is 26.6. The molecule has 0 N–H and O–H groups in total. The van der Waals surface area contributed by atoms with Gasteiger partial charge in [0.05, 0.1) is 24.5 Å². The van der Waals surface area contributed by atoms with Gasteiger partial charge >= 0.3 is 6.61 Å². The molecule has 0 unspecified atom stereocenters. The minimum Gasteiger partial charge on any atom is -0.479 e. The fourth-order valence-corrected chi connectivity index (χ4v) is 4.81. The van der Waals surface area contributed by atoms with Gasteiger partial charge in [0.2, 0.25) is 11.8 Å². The van der Waals surface area contributed by atoms with Crippen LogP contribution in [0.3, 0.4) is 0 Å². The second-order valence-corrected chi connectivity index (χ2v) is 10.0. The number of alkyl halides is 2. The lowest BCUT2D eigenvalue weighted by Gasteiger charge is -2.20. The topological polar surface area (TPSA) is 144 Å². The van der Waals surface area contributed by atoms with Gasteiger partial charge in [0.15, 0.2) is 27.2 Å². The molecule has 0 bridgehead atoms. The molecule has 0 fully saturated rings. The minimum absolute atomic E-state index is 0.0235. The van der Waals surface area contributed by atoms with Crippen molar-refractivity contribution in [1.82, 2.24) is 34.7 Å². The van der Waals surface area contributed by atoms with Gasteiger partial charge in [0, 0.05) is 18.3 Å². The van der Waals surface area contributed by atoms with E-state index in [4.69, 9.17) is 21.1 Å². The van der Waals surface area contributed by atoms with Crippen molar-refractivity contribution in [3.63, 3.8) is 0 Å². The molecular formula is C19H22ClF2N7O5S. The lowest BCUT2D eigenvalue weighted by molar-refractivity contribution is -0.139. The number of hydrogen-bond acceptors (Lipinski definition) is 11. The molecule has 3 aromatic rings. The summed E-state index contributed by atoms with van der Waals surface area (Å²) in [5.74, 6) is -1.22. The van der Waals surface area contributed by atoms with Crippen molar-refractivity contribution in [2.24, 2.45) is 0 Å². The summed E-state index contributed by atoms with van der Waals surface area (Å²) in [4.78, 5) is 16.2. The first-order valence-corrected chi connectivity index (χ1v) is 12.1. The van der Waals surface area contributed by atoms with Gasteiger partial charge in [-0.2, -0.15) is 18.7 Å². The summed E-state index contributed by atoms with van der Waals surface area (Å²) >= 11 is 5.82. The molecule has 0 aliphatic heterocycles. The number of rotatable bonds is 11. The number of halogens is 3. The van der Waals surface area contributed by atoms with Crippen LogP contribution in [0.15, 0.2) is 18.7 Å². The fourth-order valence-electron chi connectivity index (χ4n) is 3.16. The van der Waals surface area contributed by atoms with Crippen LogP contribution in [0.5, 0.6) is 11.8 Å². The van der Waals surface area contributed by atoms with Gasteiger partial charge in [0.1, 0.15) is 24.5 Å². The van der Waals surface area contributed by atoms with Gasteiger partial charge in [-0.15, -0.1) is 10.2 Å². The van der Waals surface area contributed by atoms with Crippen LogP contribution >= 0.6 is 11.6 Å². The summed E-state index contributed by atoms with van der Waals surface area (Å²) in [7, 11) is -1.27. The van der Waals surface area contributed by atoms with Crippen LogP contribution in [-0.2, 0) is 26.9 Å². The Morgan fingerprint density at radius 3 is 2.11 bits per heavy atom. The third-order valence-corrected chi connectivity index (χ3v) is 7.55. The van der Waals surface area contributed by atoms with Gasteiger partial charge in [-0.05, 0) is 6.92 Å². The molecular weight excluding hydrogens is 512 g/mol. The highest BCUT2D eigenvalue weighted by molar-refractivity contribution is 7.91. The Bertz CT molecular complexity index is 1240. The Balaban J connectivity index is 2.04. The van der Waals surface area contributed by atoms with Crippen LogP contribution < -0.4 is 9.47 Å². The standard InChI is InChI=1S/C19H22ClF2N7O5S/c1-10(16-23-5-12(20)6-24-16)11(2)35(30,31)8-14-28-27-13(7-34-19(21)22)29(14)15-17(32-3)25-9-26-18(15)33-4/h5-6,9-11,19H,7-8H2,1-4H3/t10-,11-/m0/s1. The van der Waals surface area contributed by atoms with Gasteiger partial charge < -0.3 is 14.2 Å². The van der Waals surface area contributed by atoms with Crippen LogP contribution in [0.2, 0.25) is 5.02 Å². The molecule has 16 heteroatoms. The highest BCUT2D eigenvalue weighted by Gasteiger charge is 2.33. The zero-order chi connectivity index (χ0) is 25.8. The predicted octanol–water partition coefficient (Wildman–Crippen LogP) is 2.36. The molecule has 0 aromatic carbocycles. The van der Waals surface area contributed by atoms with Crippen molar-refractivity contribution < 1.29 is 31.4 Å². The maximum absolute atomic E-state index is 13.3. The van der Waals surface area contributed by atoms with Gasteiger partial charge in [-0.25, -0.2) is 18.4 Å². The molecule has 190 valence electrons. The summed E-state index contributed by atoms with van der Waals surface area (Å²) in [5, 5.41) is 7.14. The van der Waals surface area contributed by atoms with Crippen LogP contribution in [0.4, 0.5) is 8.78 Å². The summed E-state index contributed by atoms with van der Waals surface area (Å²) < 4.78 is 68.2. The maximum atomic E-state index is 13.3. The summed E-state index contributed by atoms with van der Waals surface area (Å²) in [5.41, 5.74) is 0.0299. The van der Waals surface area contributed by atoms with E-state index in [9.17, 15) is 17.2 Å². The van der Waals surface area contributed by atoms with Crippen LogP contribution in [0.1, 0.15) is 37.2 Å². The minimum atomic E-state index is -3.91.